The van der Waals surface area contributed by atoms with E-state index in [0.29, 0.717) is 0 Å². The summed E-state index contributed by atoms with van der Waals surface area (Å²) in [5, 5.41) is 37.7. The molecule has 1 rings (SSSR count). The van der Waals surface area contributed by atoms with Crippen LogP contribution in [0.25, 0.3) is 0 Å². The van der Waals surface area contributed by atoms with E-state index in [4.69, 9.17) is 5.11 Å². The predicted molar refractivity (Wildman–Crippen MR) is 44.4 cm³/mol. The third-order valence-corrected chi connectivity index (χ3v) is 1.73. The zero-order chi connectivity index (χ0) is 10.7. The molecule has 0 saturated carbocycles. The van der Waals surface area contributed by atoms with E-state index in [0.717, 1.165) is 6.07 Å². The molecule has 0 heterocycles. The number of rotatable bonds is 3. The van der Waals surface area contributed by atoms with E-state index in [2.05, 4.69) is 0 Å². The highest BCUT2D eigenvalue weighted by Crippen LogP contribution is 2.29. The summed E-state index contributed by atoms with van der Waals surface area (Å²) < 4.78 is 0. The summed E-state index contributed by atoms with van der Waals surface area (Å²) in [4.78, 5) is 10.2. The first-order valence-electron chi connectivity index (χ1n) is 3.90. The molecular weight excluding hydrogens is 188 g/mol. The highest BCUT2D eigenvalue weighted by Gasteiger charge is 2.13. The Morgan fingerprint density at radius 1 is 1.43 bits per heavy atom. The Labute approximate surface area is 79.9 Å². The molecule has 1 aromatic carbocycles. The van der Waals surface area contributed by atoms with Crippen LogP contribution in [0.15, 0.2) is 18.2 Å². The number of hydrogen-bond donors (Lipinski definition) is 3. The highest BCUT2D eigenvalue weighted by molar-refractivity contribution is 5.65. The van der Waals surface area contributed by atoms with Crippen molar-refractivity contribution in [3.05, 3.63) is 23.8 Å². The van der Waals surface area contributed by atoms with Crippen molar-refractivity contribution in [1.82, 2.24) is 0 Å². The summed E-state index contributed by atoms with van der Waals surface area (Å²) in [6, 6.07) is 3.50. The van der Waals surface area contributed by atoms with Crippen molar-refractivity contribution >= 4 is 5.97 Å². The lowest BCUT2D eigenvalue weighted by molar-refractivity contribution is -0.307. The van der Waals surface area contributed by atoms with Crippen LogP contribution in [0.1, 0.15) is 18.1 Å². The number of aliphatic hydroxyl groups excluding tert-OH is 1. The zero-order valence-electron chi connectivity index (χ0n) is 7.17. The normalized spacial score (nSPS) is 12.4. The molecule has 3 N–H and O–H groups in total. The number of aliphatic hydroxyl groups is 1. The second-order valence-corrected chi connectivity index (χ2v) is 2.84. The summed E-state index contributed by atoms with van der Waals surface area (Å²) in [6.07, 6.45) is -2.01. The molecule has 0 aliphatic rings. The monoisotopic (exact) mass is 197 g/mol. The minimum Gasteiger partial charge on any atom is -0.550 e. The lowest BCUT2D eigenvalue weighted by atomic mass is 10.1. The van der Waals surface area contributed by atoms with Gasteiger partial charge in [-0.05, 0) is 18.2 Å². The van der Waals surface area contributed by atoms with Crippen molar-refractivity contribution in [3.8, 4) is 11.5 Å². The van der Waals surface area contributed by atoms with E-state index >= 15 is 0 Å². The summed E-state index contributed by atoms with van der Waals surface area (Å²) in [5.41, 5.74) is -0.0331. The molecular formula is C9H9O5-. The Kier molecular flexibility index (Phi) is 2.93. The molecule has 0 radical (unpaired) electrons. The van der Waals surface area contributed by atoms with Crippen LogP contribution in [-0.4, -0.2) is 21.3 Å². The Bertz CT molecular complexity index is 347. The van der Waals surface area contributed by atoms with Gasteiger partial charge >= 0.3 is 0 Å². The first kappa shape index (κ1) is 10.3. The fraction of sp³-hybridized carbons (Fsp3) is 0.222. The summed E-state index contributed by atoms with van der Waals surface area (Å²) in [7, 11) is 0. The van der Waals surface area contributed by atoms with Gasteiger partial charge in [-0.2, -0.15) is 0 Å². The number of carboxylic acid groups (broad SMARTS) is 1. The fourth-order valence-corrected chi connectivity index (χ4v) is 1.08. The average Bonchev–Trinajstić information content (AvgIpc) is 2.08. The third kappa shape index (κ3) is 2.37. The molecule has 0 aromatic heterocycles. The van der Waals surface area contributed by atoms with Gasteiger partial charge in [0, 0.05) is 18.0 Å². The van der Waals surface area contributed by atoms with E-state index in [-0.39, 0.29) is 17.1 Å². The molecule has 5 nitrogen and oxygen atoms in total. The van der Waals surface area contributed by atoms with Crippen molar-refractivity contribution in [1.29, 1.82) is 0 Å². The molecule has 0 bridgehead atoms. The van der Waals surface area contributed by atoms with Crippen LogP contribution in [0.5, 0.6) is 11.5 Å². The van der Waals surface area contributed by atoms with Crippen molar-refractivity contribution in [2.75, 3.05) is 0 Å². The van der Waals surface area contributed by atoms with Crippen LogP contribution < -0.4 is 5.11 Å². The lowest BCUT2D eigenvalue weighted by Crippen LogP contribution is -2.24. The first-order valence-corrected chi connectivity index (χ1v) is 3.90. The molecule has 1 unspecified atom stereocenters. The van der Waals surface area contributed by atoms with Crippen LogP contribution in [-0.2, 0) is 4.79 Å². The Balaban J connectivity index is 2.93. The number of phenolic OH excluding ortho intramolecular Hbond substituents is 2. The molecule has 1 aromatic rings. The largest absolute Gasteiger partial charge is 0.550 e. The minimum absolute atomic E-state index is 0.0331. The van der Waals surface area contributed by atoms with E-state index in [9.17, 15) is 20.1 Å². The smallest absolute Gasteiger partial charge is 0.121 e. The molecule has 0 amide bonds. The van der Waals surface area contributed by atoms with Gasteiger partial charge in [-0.1, -0.05) is 0 Å². The number of aliphatic carboxylic acids is 1. The van der Waals surface area contributed by atoms with Gasteiger partial charge < -0.3 is 25.2 Å². The van der Waals surface area contributed by atoms with E-state index < -0.39 is 18.5 Å². The van der Waals surface area contributed by atoms with Gasteiger partial charge in [0.15, 0.2) is 0 Å². The molecule has 0 saturated heterocycles. The second kappa shape index (κ2) is 3.97. The van der Waals surface area contributed by atoms with E-state index in [1.165, 1.54) is 12.1 Å². The topological polar surface area (TPSA) is 101 Å². The maximum Gasteiger partial charge on any atom is 0.121 e. The van der Waals surface area contributed by atoms with Gasteiger partial charge in [-0.25, -0.2) is 0 Å². The van der Waals surface area contributed by atoms with Crippen molar-refractivity contribution in [2.24, 2.45) is 0 Å². The maximum atomic E-state index is 10.2. The Hall–Kier alpha value is -1.75. The van der Waals surface area contributed by atoms with Crippen LogP contribution in [0.4, 0.5) is 0 Å². The summed E-state index contributed by atoms with van der Waals surface area (Å²) in [5.74, 6) is -1.85. The highest BCUT2D eigenvalue weighted by atomic mass is 16.4. The SMILES string of the molecule is O=C([O-])CC(O)c1cc(O)ccc1O. The van der Waals surface area contributed by atoms with Gasteiger partial charge in [-0.15, -0.1) is 0 Å². The predicted octanol–water partition coefficient (Wildman–Crippen LogP) is -0.729. The second-order valence-electron chi connectivity index (χ2n) is 2.84. The molecule has 76 valence electrons. The molecule has 1 atom stereocenters. The van der Waals surface area contributed by atoms with Gasteiger partial charge in [0.05, 0.1) is 6.10 Å². The zero-order valence-corrected chi connectivity index (χ0v) is 7.17. The van der Waals surface area contributed by atoms with Crippen molar-refractivity contribution in [2.45, 2.75) is 12.5 Å². The lowest BCUT2D eigenvalue weighted by Gasteiger charge is -2.13. The summed E-state index contributed by atoms with van der Waals surface area (Å²) in [6.45, 7) is 0. The van der Waals surface area contributed by atoms with Crippen LogP contribution >= 0.6 is 0 Å². The number of carbonyl (C=O) groups excluding carboxylic acids is 1. The average molecular weight is 197 g/mol. The number of benzene rings is 1. The third-order valence-electron chi connectivity index (χ3n) is 1.73. The number of aromatic hydroxyl groups is 2. The fourth-order valence-electron chi connectivity index (χ4n) is 1.08. The van der Waals surface area contributed by atoms with Crippen LogP contribution in [0.3, 0.4) is 0 Å². The van der Waals surface area contributed by atoms with Gasteiger partial charge in [0.25, 0.3) is 0 Å². The number of carboxylic acids is 1. The standard InChI is InChI=1S/C9H10O5/c10-5-1-2-7(11)6(3-5)8(12)4-9(13)14/h1-3,8,10-12H,4H2,(H,13,14)/p-1. The van der Waals surface area contributed by atoms with Crippen molar-refractivity contribution < 1.29 is 25.2 Å². The first-order chi connectivity index (χ1) is 6.50. The molecule has 0 aliphatic carbocycles. The molecule has 0 aliphatic heterocycles. The number of phenols is 2. The number of carbonyl (C=O) groups is 1. The Morgan fingerprint density at radius 2 is 2.07 bits per heavy atom. The van der Waals surface area contributed by atoms with Gasteiger partial charge in [0.1, 0.15) is 11.5 Å². The van der Waals surface area contributed by atoms with E-state index in [1.807, 2.05) is 0 Å². The maximum absolute atomic E-state index is 10.2. The molecule has 14 heavy (non-hydrogen) atoms. The summed E-state index contributed by atoms with van der Waals surface area (Å²) >= 11 is 0. The molecule has 0 spiro atoms. The molecule has 0 fully saturated rings. The van der Waals surface area contributed by atoms with Crippen LogP contribution in [0, 0.1) is 0 Å². The van der Waals surface area contributed by atoms with E-state index in [1.54, 1.807) is 0 Å². The van der Waals surface area contributed by atoms with Crippen LogP contribution in [0.2, 0.25) is 0 Å². The van der Waals surface area contributed by atoms with Gasteiger partial charge in [-0.3, -0.25) is 0 Å². The minimum atomic E-state index is -1.43. The van der Waals surface area contributed by atoms with Crippen molar-refractivity contribution in [3.63, 3.8) is 0 Å². The van der Waals surface area contributed by atoms with Gasteiger partial charge in [0.2, 0.25) is 0 Å². The molecule has 5 heteroatoms. The number of hydrogen-bond acceptors (Lipinski definition) is 5. The quantitative estimate of drug-likeness (QED) is 0.554. The Morgan fingerprint density at radius 3 is 2.64 bits per heavy atom.